The van der Waals surface area contributed by atoms with Gasteiger partial charge in [0.15, 0.2) is 0 Å². The van der Waals surface area contributed by atoms with Crippen LogP contribution in [0, 0.1) is 0 Å². The molecule has 0 radical (unpaired) electrons. The number of ether oxygens (including phenoxy) is 1. The van der Waals surface area contributed by atoms with Gasteiger partial charge in [0.1, 0.15) is 10.8 Å². The molecule has 0 bridgehead atoms. The van der Waals surface area contributed by atoms with Gasteiger partial charge in [0.05, 0.1) is 29.8 Å². The summed E-state index contributed by atoms with van der Waals surface area (Å²) in [4.78, 5) is 17.1. The van der Waals surface area contributed by atoms with Gasteiger partial charge in [-0.2, -0.15) is 13.2 Å². The molecule has 4 aromatic rings. The highest BCUT2D eigenvalue weighted by Gasteiger charge is 2.30. The predicted molar refractivity (Wildman–Crippen MR) is 128 cm³/mol. The Morgan fingerprint density at radius 1 is 1.23 bits per heavy atom. The van der Waals surface area contributed by atoms with E-state index in [2.05, 4.69) is 0 Å². The second kappa shape index (κ2) is 9.03. The minimum absolute atomic E-state index is 0.0342. The molecule has 5 rings (SSSR count). The molecule has 182 valence electrons. The average molecular weight is 501 g/mol. The molecule has 0 spiro atoms. The van der Waals surface area contributed by atoms with Crippen molar-refractivity contribution < 1.29 is 27.8 Å². The Balaban J connectivity index is 1.33. The van der Waals surface area contributed by atoms with Crippen LogP contribution in [0.25, 0.3) is 21.5 Å². The number of hydrogen-bond donors (Lipinski definition) is 1. The van der Waals surface area contributed by atoms with Crippen LogP contribution in [0.5, 0.6) is 5.75 Å². The molecule has 0 aliphatic heterocycles. The third-order valence-corrected chi connectivity index (χ3v) is 7.55. The summed E-state index contributed by atoms with van der Waals surface area (Å²) < 4.78 is 46.7. The van der Waals surface area contributed by atoms with E-state index < -0.39 is 17.7 Å². The van der Waals surface area contributed by atoms with Crippen LogP contribution in [-0.4, -0.2) is 27.2 Å². The number of fused-ring (bicyclic) bond motifs is 2. The number of carbonyl (C=O) groups is 1. The lowest BCUT2D eigenvalue weighted by molar-refractivity contribution is -0.138. The summed E-state index contributed by atoms with van der Waals surface area (Å²) in [6.07, 6.45) is 0.278. The second-order valence-electron chi connectivity index (χ2n) is 8.82. The van der Waals surface area contributed by atoms with E-state index in [4.69, 9.17) is 14.8 Å². The first kappa shape index (κ1) is 23.4. The van der Waals surface area contributed by atoms with Gasteiger partial charge in [-0.15, -0.1) is 11.3 Å². The van der Waals surface area contributed by atoms with Gasteiger partial charge in [-0.25, -0.2) is 4.98 Å². The van der Waals surface area contributed by atoms with Crippen LogP contribution in [-0.2, 0) is 30.9 Å². The Kier molecular flexibility index (Phi) is 6.04. The number of halogens is 3. The maximum absolute atomic E-state index is 12.9. The van der Waals surface area contributed by atoms with Gasteiger partial charge in [0.25, 0.3) is 0 Å². The molecule has 2 aromatic carbocycles. The Labute approximate surface area is 203 Å². The molecule has 2 aromatic heterocycles. The van der Waals surface area contributed by atoms with E-state index in [-0.39, 0.29) is 12.3 Å². The van der Waals surface area contributed by atoms with E-state index in [0.29, 0.717) is 17.9 Å². The Bertz CT molecular complexity index is 1390. The summed E-state index contributed by atoms with van der Waals surface area (Å²) in [6, 6.07) is 10.8. The van der Waals surface area contributed by atoms with Gasteiger partial charge in [0, 0.05) is 41.1 Å². The predicted octanol–water partition coefficient (Wildman–Crippen LogP) is 6.45. The van der Waals surface area contributed by atoms with E-state index in [9.17, 15) is 18.0 Å². The van der Waals surface area contributed by atoms with Gasteiger partial charge in [-0.1, -0.05) is 12.1 Å². The van der Waals surface area contributed by atoms with Crippen molar-refractivity contribution in [2.75, 3.05) is 6.61 Å². The fourth-order valence-corrected chi connectivity index (χ4v) is 5.83. The van der Waals surface area contributed by atoms with Crippen LogP contribution in [0.3, 0.4) is 0 Å². The normalized spacial score (nSPS) is 15.8. The number of carboxylic acid groups (broad SMARTS) is 1. The number of aromatic nitrogens is 2. The highest BCUT2D eigenvalue weighted by Crippen LogP contribution is 2.39. The summed E-state index contributed by atoms with van der Waals surface area (Å²) in [5.41, 5.74) is 2.65. The standard InChI is InChI=1S/C26H23F3N2O3S/c1-31-13-17(11-23(32)33)20-10-9-19(12-21(20)31)34-14-16-3-2-4-22-24(16)30-25(35-22)15-5-7-18(8-6-15)26(27,28)29/h5-10,12-13,16H,2-4,11,14H2,1H3,(H,32,33). The van der Waals surface area contributed by atoms with Crippen LogP contribution in [0.15, 0.2) is 48.7 Å². The number of alkyl halides is 3. The molecule has 1 atom stereocenters. The van der Waals surface area contributed by atoms with Crippen molar-refractivity contribution in [1.82, 2.24) is 9.55 Å². The zero-order valence-corrected chi connectivity index (χ0v) is 19.7. The largest absolute Gasteiger partial charge is 0.493 e. The molecule has 1 aliphatic rings. The molecule has 35 heavy (non-hydrogen) atoms. The fourth-order valence-electron chi connectivity index (χ4n) is 4.63. The van der Waals surface area contributed by atoms with Crippen LogP contribution >= 0.6 is 11.3 Å². The number of aryl methyl sites for hydroxylation is 2. The molecule has 5 nitrogen and oxygen atoms in total. The van der Waals surface area contributed by atoms with Crippen molar-refractivity contribution in [2.24, 2.45) is 7.05 Å². The smallest absolute Gasteiger partial charge is 0.416 e. The summed E-state index contributed by atoms with van der Waals surface area (Å²) in [6.45, 7) is 0.446. The minimum atomic E-state index is -4.36. The Morgan fingerprint density at radius 2 is 2.00 bits per heavy atom. The van der Waals surface area contributed by atoms with Crippen LogP contribution in [0.4, 0.5) is 13.2 Å². The Morgan fingerprint density at radius 3 is 2.71 bits per heavy atom. The summed E-state index contributed by atoms with van der Waals surface area (Å²) in [5.74, 6) is -0.0689. The number of benzene rings is 2. The van der Waals surface area contributed by atoms with Crippen LogP contribution in [0.1, 0.15) is 40.5 Å². The molecule has 1 N–H and O–H groups in total. The number of hydrogen-bond acceptors (Lipinski definition) is 4. The first-order valence-electron chi connectivity index (χ1n) is 11.3. The lowest BCUT2D eigenvalue weighted by Crippen LogP contribution is -2.16. The number of carboxylic acids is 1. The van der Waals surface area contributed by atoms with Gasteiger partial charge in [0.2, 0.25) is 0 Å². The van der Waals surface area contributed by atoms with E-state index in [1.165, 1.54) is 23.5 Å². The number of thiazole rings is 1. The monoisotopic (exact) mass is 500 g/mol. The van der Waals surface area contributed by atoms with Gasteiger partial charge in [-0.05, 0) is 49.1 Å². The fraction of sp³-hybridized carbons (Fsp3) is 0.308. The van der Waals surface area contributed by atoms with Gasteiger partial charge >= 0.3 is 12.1 Å². The molecule has 0 saturated carbocycles. The lowest BCUT2D eigenvalue weighted by Gasteiger charge is -2.21. The second-order valence-corrected chi connectivity index (χ2v) is 9.90. The molecule has 0 amide bonds. The topological polar surface area (TPSA) is 64.4 Å². The molecule has 9 heteroatoms. The number of aliphatic carboxylic acids is 1. The average Bonchev–Trinajstić information content (AvgIpc) is 3.38. The highest BCUT2D eigenvalue weighted by molar-refractivity contribution is 7.15. The molecule has 2 heterocycles. The molecule has 1 unspecified atom stereocenters. The summed E-state index contributed by atoms with van der Waals surface area (Å²) in [5, 5.41) is 10.8. The maximum atomic E-state index is 12.9. The van der Waals surface area contributed by atoms with Crippen molar-refractivity contribution >= 4 is 28.2 Å². The zero-order valence-electron chi connectivity index (χ0n) is 18.9. The quantitative estimate of drug-likeness (QED) is 0.331. The first-order chi connectivity index (χ1) is 16.7. The third-order valence-electron chi connectivity index (χ3n) is 6.37. The van der Waals surface area contributed by atoms with E-state index in [0.717, 1.165) is 63.4 Å². The maximum Gasteiger partial charge on any atom is 0.416 e. The lowest BCUT2D eigenvalue weighted by atomic mass is 9.92. The SMILES string of the molecule is Cn1cc(CC(=O)O)c2ccc(OCC3CCCc4sc(-c5ccc(C(F)(F)F)cc5)nc43)cc21. The minimum Gasteiger partial charge on any atom is -0.493 e. The summed E-state index contributed by atoms with van der Waals surface area (Å²) >= 11 is 1.54. The van der Waals surface area contributed by atoms with Crippen LogP contribution in [0.2, 0.25) is 0 Å². The van der Waals surface area contributed by atoms with Crippen molar-refractivity contribution in [3.63, 3.8) is 0 Å². The van der Waals surface area contributed by atoms with Crippen molar-refractivity contribution in [3.05, 3.63) is 70.4 Å². The first-order valence-corrected chi connectivity index (χ1v) is 12.1. The number of rotatable bonds is 6. The van der Waals surface area contributed by atoms with Crippen molar-refractivity contribution in [2.45, 2.75) is 37.8 Å². The Hall–Kier alpha value is -3.33. The molecular weight excluding hydrogens is 477 g/mol. The van der Waals surface area contributed by atoms with Crippen LogP contribution < -0.4 is 4.74 Å². The van der Waals surface area contributed by atoms with Gasteiger partial charge in [-0.3, -0.25) is 4.79 Å². The van der Waals surface area contributed by atoms with Gasteiger partial charge < -0.3 is 14.4 Å². The zero-order chi connectivity index (χ0) is 24.7. The van der Waals surface area contributed by atoms with E-state index in [1.54, 1.807) is 0 Å². The summed E-state index contributed by atoms with van der Waals surface area (Å²) in [7, 11) is 1.88. The third kappa shape index (κ3) is 4.77. The molecular formula is C26H23F3N2O3S. The van der Waals surface area contributed by atoms with Crippen molar-refractivity contribution in [3.8, 4) is 16.3 Å². The van der Waals surface area contributed by atoms with Crippen molar-refractivity contribution in [1.29, 1.82) is 0 Å². The molecule has 1 aliphatic carbocycles. The molecule has 0 fully saturated rings. The van der Waals surface area contributed by atoms with E-state index >= 15 is 0 Å². The number of nitrogens with zero attached hydrogens (tertiary/aromatic N) is 2. The van der Waals surface area contributed by atoms with E-state index in [1.807, 2.05) is 36.0 Å². The highest BCUT2D eigenvalue weighted by atomic mass is 32.1. The molecule has 0 saturated heterocycles.